The molecule has 1 aromatic heterocycles. The summed E-state index contributed by atoms with van der Waals surface area (Å²) in [6, 6.07) is 6.56. The first-order chi connectivity index (χ1) is 9.75. The Hall–Kier alpha value is -0.380. The molecule has 1 N–H and O–H groups in total. The molecule has 2 unspecified atom stereocenters. The number of hydrogen-bond acceptors (Lipinski definition) is 3. The lowest BCUT2D eigenvalue weighted by molar-refractivity contribution is 0.116. The molecular weight excluding hydrogens is 264 g/mol. The second-order valence-corrected chi connectivity index (χ2v) is 7.71. The molecule has 1 aliphatic heterocycles. The zero-order chi connectivity index (χ0) is 13.9. The lowest BCUT2D eigenvalue weighted by atomic mass is 10.0. The van der Waals surface area contributed by atoms with Gasteiger partial charge in [0.2, 0.25) is 0 Å². The van der Waals surface area contributed by atoms with E-state index in [2.05, 4.69) is 41.6 Å². The average molecular weight is 292 g/mol. The maximum absolute atomic E-state index is 3.73. The fraction of sp³-hybridized carbons (Fsp3) is 0.765. The van der Waals surface area contributed by atoms with Gasteiger partial charge in [0.1, 0.15) is 0 Å². The molecule has 112 valence electrons. The third kappa shape index (κ3) is 3.44. The largest absolute Gasteiger partial charge is 0.313 e. The maximum atomic E-state index is 3.73. The van der Waals surface area contributed by atoms with E-state index in [0.717, 1.165) is 5.92 Å². The molecular formula is C17H28N2S. The van der Waals surface area contributed by atoms with Crippen LogP contribution in [0.1, 0.15) is 56.9 Å². The number of thiophene rings is 1. The highest BCUT2D eigenvalue weighted by Crippen LogP contribution is 2.46. The van der Waals surface area contributed by atoms with E-state index < -0.39 is 0 Å². The van der Waals surface area contributed by atoms with Gasteiger partial charge in [-0.05, 0) is 63.4 Å². The van der Waals surface area contributed by atoms with Gasteiger partial charge in [0.15, 0.2) is 0 Å². The van der Waals surface area contributed by atoms with E-state index in [1.807, 2.05) is 11.3 Å². The van der Waals surface area contributed by atoms with Crippen molar-refractivity contribution < 1.29 is 0 Å². The second-order valence-electron chi connectivity index (χ2n) is 6.74. The third-order valence-corrected chi connectivity index (χ3v) is 5.71. The van der Waals surface area contributed by atoms with Crippen LogP contribution in [0.25, 0.3) is 0 Å². The van der Waals surface area contributed by atoms with Crippen molar-refractivity contribution >= 4 is 11.3 Å². The number of piperidine rings is 1. The van der Waals surface area contributed by atoms with Gasteiger partial charge in [-0.25, -0.2) is 0 Å². The Labute approximate surface area is 127 Å². The lowest BCUT2D eigenvalue weighted by Gasteiger charge is -2.38. The van der Waals surface area contributed by atoms with Gasteiger partial charge >= 0.3 is 0 Å². The molecule has 2 fully saturated rings. The summed E-state index contributed by atoms with van der Waals surface area (Å²) in [6.45, 7) is 7.16. The van der Waals surface area contributed by atoms with Crippen LogP contribution in [-0.2, 0) is 0 Å². The number of nitrogens with one attached hydrogen (secondary N) is 1. The molecule has 1 aliphatic carbocycles. The highest BCUT2D eigenvalue weighted by atomic mass is 32.1. The van der Waals surface area contributed by atoms with Crippen LogP contribution in [0, 0.1) is 5.92 Å². The molecule has 0 spiro atoms. The van der Waals surface area contributed by atoms with Crippen LogP contribution in [0.3, 0.4) is 0 Å². The van der Waals surface area contributed by atoms with Crippen molar-refractivity contribution in [1.29, 1.82) is 0 Å². The Balaban J connectivity index is 1.73. The van der Waals surface area contributed by atoms with E-state index in [4.69, 9.17) is 0 Å². The fourth-order valence-corrected chi connectivity index (χ4v) is 4.46. The average Bonchev–Trinajstić information content (AvgIpc) is 3.14. The van der Waals surface area contributed by atoms with E-state index in [9.17, 15) is 0 Å². The molecule has 20 heavy (non-hydrogen) atoms. The Kier molecular flexibility index (Phi) is 4.79. The first kappa shape index (κ1) is 14.6. The summed E-state index contributed by atoms with van der Waals surface area (Å²) in [5.41, 5.74) is 0. The highest BCUT2D eigenvalue weighted by Gasteiger charge is 2.38. The number of nitrogens with zero attached hydrogens (tertiary/aromatic N) is 1. The SMILES string of the molecule is CC(C)N(CC1CCCCN1)C(c1cccs1)C1CC1. The summed E-state index contributed by atoms with van der Waals surface area (Å²) in [7, 11) is 0. The first-order valence-electron chi connectivity index (χ1n) is 8.28. The van der Waals surface area contributed by atoms with Gasteiger partial charge in [0.25, 0.3) is 0 Å². The lowest BCUT2D eigenvalue weighted by Crippen LogP contribution is -2.47. The van der Waals surface area contributed by atoms with Crippen molar-refractivity contribution in [3.8, 4) is 0 Å². The van der Waals surface area contributed by atoms with Gasteiger partial charge < -0.3 is 5.32 Å². The molecule has 3 heteroatoms. The summed E-state index contributed by atoms with van der Waals surface area (Å²) in [5.74, 6) is 0.902. The summed E-state index contributed by atoms with van der Waals surface area (Å²) in [6.07, 6.45) is 6.95. The van der Waals surface area contributed by atoms with E-state index in [-0.39, 0.29) is 0 Å². The molecule has 0 bridgehead atoms. The molecule has 3 rings (SSSR count). The highest BCUT2D eigenvalue weighted by molar-refractivity contribution is 7.10. The molecule has 2 heterocycles. The van der Waals surface area contributed by atoms with Gasteiger partial charge in [-0.3, -0.25) is 4.90 Å². The molecule has 2 nitrogen and oxygen atoms in total. The van der Waals surface area contributed by atoms with Crippen LogP contribution < -0.4 is 5.32 Å². The van der Waals surface area contributed by atoms with Crippen LogP contribution in [0.2, 0.25) is 0 Å². The first-order valence-corrected chi connectivity index (χ1v) is 9.16. The predicted molar refractivity (Wildman–Crippen MR) is 87.3 cm³/mol. The summed E-state index contributed by atoms with van der Waals surface area (Å²) >= 11 is 1.95. The monoisotopic (exact) mass is 292 g/mol. The Morgan fingerprint density at radius 3 is 2.70 bits per heavy atom. The minimum absolute atomic E-state index is 0.631. The van der Waals surface area contributed by atoms with Crippen LogP contribution in [0.4, 0.5) is 0 Å². The number of rotatable bonds is 6. The third-order valence-electron chi connectivity index (χ3n) is 4.77. The molecule has 2 atom stereocenters. The van der Waals surface area contributed by atoms with Crippen molar-refractivity contribution in [3.05, 3.63) is 22.4 Å². The van der Waals surface area contributed by atoms with Crippen molar-refractivity contribution in [3.63, 3.8) is 0 Å². The van der Waals surface area contributed by atoms with Crippen molar-refractivity contribution in [2.24, 2.45) is 5.92 Å². The van der Waals surface area contributed by atoms with Crippen LogP contribution in [0.5, 0.6) is 0 Å². The molecule has 0 radical (unpaired) electrons. The quantitative estimate of drug-likeness (QED) is 0.851. The van der Waals surface area contributed by atoms with Gasteiger partial charge in [-0.15, -0.1) is 11.3 Å². The van der Waals surface area contributed by atoms with Crippen LogP contribution in [0.15, 0.2) is 17.5 Å². The summed E-state index contributed by atoms with van der Waals surface area (Å²) in [5, 5.41) is 5.96. The van der Waals surface area contributed by atoms with E-state index >= 15 is 0 Å². The van der Waals surface area contributed by atoms with Crippen LogP contribution >= 0.6 is 11.3 Å². The Morgan fingerprint density at radius 2 is 2.15 bits per heavy atom. The minimum atomic E-state index is 0.631. The molecule has 1 aromatic rings. The molecule has 0 aromatic carbocycles. The van der Waals surface area contributed by atoms with Gasteiger partial charge in [-0.1, -0.05) is 12.5 Å². The molecule has 1 saturated carbocycles. The number of hydrogen-bond donors (Lipinski definition) is 1. The van der Waals surface area contributed by atoms with E-state index in [1.54, 1.807) is 4.88 Å². The minimum Gasteiger partial charge on any atom is -0.313 e. The normalized spacial score (nSPS) is 25.3. The second kappa shape index (κ2) is 6.59. The smallest absolute Gasteiger partial charge is 0.0473 e. The molecule has 2 aliphatic rings. The van der Waals surface area contributed by atoms with E-state index in [1.165, 1.54) is 45.2 Å². The van der Waals surface area contributed by atoms with Crippen molar-refractivity contribution in [2.75, 3.05) is 13.1 Å². The molecule has 0 amide bonds. The summed E-state index contributed by atoms with van der Waals surface area (Å²) < 4.78 is 0. The summed E-state index contributed by atoms with van der Waals surface area (Å²) in [4.78, 5) is 4.35. The van der Waals surface area contributed by atoms with Crippen molar-refractivity contribution in [1.82, 2.24) is 10.2 Å². The topological polar surface area (TPSA) is 15.3 Å². The standard InChI is InChI=1S/C17H28N2S/c1-13(2)19(12-15-6-3-4-10-18-15)17(14-8-9-14)16-7-5-11-20-16/h5,7,11,13-15,17-18H,3-4,6,8-10,12H2,1-2H3. The van der Waals surface area contributed by atoms with Gasteiger partial charge in [-0.2, -0.15) is 0 Å². The van der Waals surface area contributed by atoms with Crippen molar-refractivity contribution in [2.45, 2.75) is 64.1 Å². The maximum Gasteiger partial charge on any atom is 0.0473 e. The van der Waals surface area contributed by atoms with Crippen LogP contribution in [-0.4, -0.2) is 30.1 Å². The predicted octanol–water partition coefficient (Wildman–Crippen LogP) is 4.05. The fourth-order valence-electron chi connectivity index (χ4n) is 3.52. The molecule has 1 saturated heterocycles. The Morgan fingerprint density at radius 1 is 1.30 bits per heavy atom. The van der Waals surface area contributed by atoms with Gasteiger partial charge in [0.05, 0.1) is 0 Å². The van der Waals surface area contributed by atoms with Gasteiger partial charge in [0, 0.05) is 29.5 Å². The Bertz CT molecular complexity index is 391. The zero-order valence-corrected chi connectivity index (χ0v) is 13.7. The zero-order valence-electron chi connectivity index (χ0n) is 12.8. The van der Waals surface area contributed by atoms with E-state index in [0.29, 0.717) is 18.1 Å².